The number of hydrogen-bond donors (Lipinski definition) is 1. The van der Waals surface area contributed by atoms with E-state index in [1.807, 2.05) is 32.8 Å². The Bertz CT molecular complexity index is 1210. The second-order valence-corrected chi connectivity index (χ2v) is 8.95. The molecule has 3 aromatic rings. The van der Waals surface area contributed by atoms with Crippen molar-refractivity contribution in [2.24, 2.45) is 5.92 Å². The van der Waals surface area contributed by atoms with Crippen LogP contribution in [-0.4, -0.2) is 60.3 Å². The number of hydrogen-bond acceptors (Lipinski definition) is 6. The van der Waals surface area contributed by atoms with Gasteiger partial charge >= 0.3 is 5.97 Å². The van der Waals surface area contributed by atoms with Gasteiger partial charge in [0.1, 0.15) is 17.6 Å². The highest BCUT2D eigenvalue weighted by molar-refractivity contribution is 6.02. The molecule has 35 heavy (non-hydrogen) atoms. The van der Waals surface area contributed by atoms with Crippen LogP contribution in [0.25, 0.3) is 10.9 Å². The largest absolute Gasteiger partial charge is 0.467 e. The summed E-state index contributed by atoms with van der Waals surface area (Å²) in [7, 11) is 4.95. The number of halogens is 2. The molecule has 10 heteroatoms. The Morgan fingerprint density at radius 2 is 1.89 bits per heavy atom. The molecule has 188 valence electrons. The van der Waals surface area contributed by atoms with Crippen LogP contribution in [0.4, 0.5) is 8.78 Å². The van der Waals surface area contributed by atoms with Gasteiger partial charge in [0.15, 0.2) is 11.6 Å². The fourth-order valence-corrected chi connectivity index (χ4v) is 3.55. The Kier molecular flexibility index (Phi) is 8.39. The van der Waals surface area contributed by atoms with Gasteiger partial charge in [-0.1, -0.05) is 13.8 Å². The molecule has 0 saturated heterocycles. The normalized spacial score (nSPS) is 12.3. The Morgan fingerprint density at radius 1 is 1.14 bits per heavy atom. The third-order valence-corrected chi connectivity index (χ3v) is 5.30. The smallest absolute Gasteiger partial charge is 0.328 e. The average molecular weight is 489 g/mol. The summed E-state index contributed by atoms with van der Waals surface area (Å²) < 4.78 is 40.0. The maximum Gasteiger partial charge on any atom is 0.328 e. The van der Waals surface area contributed by atoms with Gasteiger partial charge in [-0.2, -0.15) is 5.10 Å². The SMILES string of the molecule is COC(=O)[C@H](CCN(C)C)NC(=O)c1cc2c(cnn2CC(C)C)cc1Oc1ccc(F)cc1F. The van der Waals surface area contributed by atoms with E-state index in [0.717, 1.165) is 12.1 Å². The van der Waals surface area contributed by atoms with Gasteiger partial charge in [0.2, 0.25) is 0 Å². The fourth-order valence-electron chi connectivity index (χ4n) is 3.55. The fraction of sp³-hybridized carbons (Fsp3) is 0.400. The first-order chi connectivity index (χ1) is 16.6. The Hall–Kier alpha value is -3.53. The number of esters is 1. The molecule has 0 unspecified atom stereocenters. The third-order valence-electron chi connectivity index (χ3n) is 5.30. The number of rotatable bonds is 10. The lowest BCUT2D eigenvalue weighted by atomic mass is 10.1. The molecule has 1 amide bonds. The van der Waals surface area contributed by atoms with E-state index in [2.05, 4.69) is 10.4 Å². The second-order valence-electron chi connectivity index (χ2n) is 8.95. The molecule has 2 aromatic carbocycles. The summed E-state index contributed by atoms with van der Waals surface area (Å²) in [6.07, 6.45) is 1.95. The number of carbonyl (C=O) groups excluding carboxylic acids is 2. The zero-order valence-corrected chi connectivity index (χ0v) is 20.5. The van der Waals surface area contributed by atoms with Crippen molar-refractivity contribution in [3.05, 3.63) is 53.7 Å². The summed E-state index contributed by atoms with van der Waals surface area (Å²) in [4.78, 5) is 27.6. The molecule has 0 aliphatic carbocycles. The molecular formula is C25H30F2N4O4. The van der Waals surface area contributed by atoms with Gasteiger partial charge in [-0.05, 0) is 50.7 Å². The van der Waals surface area contributed by atoms with Crippen molar-refractivity contribution in [1.29, 1.82) is 0 Å². The number of amides is 1. The van der Waals surface area contributed by atoms with E-state index in [-0.39, 0.29) is 17.1 Å². The van der Waals surface area contributed by atoms with Crippen molar-refractivity contribution in [2.45, 2.75) is 32.9 Å². The molecule has 0 saturated carbocycles. The van der Waals surface area contributed by atoms with E-state index in [1.54, 1.807) is 23.0 Å². The van der Waals surface area contributed by atoms with Crippen LogP contribution in [0.15, 0.2) is 36.5 Å². The second kappa shape index (κ2) is 11.3. The zero-order valence-electron chi connectivity index (χ0n) is 20.5. The van der Waals surface area contributed by atoms with Crippen LogP contribution in [0.5, 0.6) is 11.5 Å². The van der Waals surface area contributed by atoms with Crippen molar-refractivity contribution in [2.75, 3.05) is 27.7 Å². The number of fused-ring (bicyclic) bond motifs is 1. The summed E-state index contributed by atoms with van der Waals surface area (Å²) in [5.41, 5.74) is 0.754. The molecule has 1 N–H and O–H groups in total. The van der Waals surface area contributed by atoms with Crippen LogP contribution in [0.2, 0.25) is 0 Å². The summed E-state index contributed by atoms with van der Waals surface area (Å²) in [6, 6.07) is 5.17. The van der Waals surface area contributed by atoms with E-state index in [1.165, 1.54) is 7.11 Å². The van der Waals surface area contributed by atoms with Crippen LogP contribution in [-0.2, 0) is 16.1 Å². The van der Waals surface area contributed by atoms with Gasteiger partial charge in [-0.25, -0.2) is 13.6 Å². The predicted octanol–water partition coefficient (Wildman–Crippen LogP) is 3.99. The molecule has 0 bridgehead atoms. The predicted molar refractivity (Wildman–Crippen MR) is 127 cm³/mol. The van der Waals surface area contributed by atoms with Crippen LogP contribution in [0.1, 0.15) is 30.6 Å². The highest BCUT2D eigenvalue weighted by Crippen LogP contribution is 2.32. The maximum absolute atomic E-state index is 14.3. The van der Waals surface area contributed by atoms with Crippen molar-refractivity contribution in [3.63, 3.8) is 0 Å². The van der Waals surface area contributed by atoms with Crippen LogP contribution >= 0.6 is 0 Å². The molecule has 1 atom stereocenters. The summed E-state index contributed by atoms with van der Waals surface area (Å²) in [5.74, 6) is -2.75. The topological polar surface area (TPSA) is 85.7 Å². The quantitative estimate of drug-likeness (QED) is 0.435. The van der Waals surface area contributed by atoms with Crippen molar-refractivity contribution >= 4 is 22.8 Å². The number of aromatic nitrogens is 2. The lowest BCUT2D eigenvalue weighted by Crippen LogP contribution is -2.43. The highest BCUT2D eigenvalue weighted by atomic mass is 19.1. The minimum Gasteiger partial charge on any atom is -0.467 e. The zero-order chi connectivity index (χ0) is 25.7. The summed E-state index contributed by atoms with van der Waals surface area (Å²) in [6.45, 7) is 5.23. The lowest BCUT2D eigenvalue weighted by Gasteiger charge is -2.20. The number of methoxy groups -OCH3 is 1. The molecule has 0 aliphatic rings. The molecule has 3 rings (SSSR count). The minimum atomic E-state index is -0.912. The van der Waals surface area contributed by atoms with Gasteiger partial charge in [-0.15, -0.1) is 0 Å². The van der Waals surface area contributed by atoms with Crippen LogP contribution in [0.3, 0.4) is 0 Å². The molecule has 0 spiro atoms. The molecule has 0 radical (unpaired) electrons. The van der Waals surface area contributed by atoms with Gasteiger partial charge in [0, 0.05) is 24.5 Å². The molecule has 1 aromatic heterocycles. The van der Waals surface area contributed by atoms with Crippen molar-refractivity contribution in [3.8, 4) is 11.5 Å². The number of benzene rings is 2. The number of ether oxygens (including phenoxy) is 2. The maximum atomic E-state index is 14.3. The summed E-state index contributed by atoms with van der Waals surface area (Å²) in [5, 5.41) is 7.77. The number of carbonyl (C=O) groups is 2. The van der Waals surface area contributed by atoms with Crippen LogP contribution in [0, 0.1) is 17.6 Å². The first-order valence-electron chi connectivity index (χ1n) is 11.2. The third kappa shape index (κ3) is 6.54. The van der Waals surface area contributed by atoms with E-state index in [0.29, 0.717) is 42.4 Å². The number of nitrogens with one attached hydrogen (secondary N) is 1. The molecule has 0 aliphatic heterocycles. The lowest BCUT2D eigenvalue weighted by molar-refractivity contribution is -0.143. The standard InChI is InChI=1S/C25H30F2N4O4/c1-15(2)14-31-21-12-18(24(32)29-20(25(33)34-5)8-9-30(3)4)23(10-16(21)13-28-31)35-22-7-6-17(26)11-19(22)27/h6-7,10-13,15,20H,8-9,14H2,1-5H3,(H,29,32)/t20-/m0/s1. The van der Waals surface area contributed by atoms with Crippen molar-refractivity contribution in [1.82, 2.24) is 20.0 Å². The first-order valence-corrected chi connectivity index (χ1v) is 11.2. The summed E-state index contributed by atoms with van der Waals surface area (Å²) >= 11 is 0. The van der Waals surface area contributed by atoms with Crippen LogP contribution < -0.4 is 10.1 Å². The highest BCUT2D eigenvalue weighted by Gasteiger charge is 2.25. The molecule has 8 nitrogen and oxygen atoms in total. The Balaban J connectivity index is 2.03. The molecule has 0 fully saturated rings. The van der Waals surface area contributed by atoms with E-state index in [9.17, 15) is 18.4 Å². The average Bonchev–Trinajstić information content (AvgIpc) is 3.17. The Labute approximate surface area is 202 Å². The van der Waals surface area contributed by atoms with Gasteiger partial charge < -0.3 is 19.7 Å². The van der Waals surface area contributed by atoms with Gasteiger partial charge in [0.25, 0.3) is 5.91 Å². The van der Waals surface area contributed by atoms with Crippen molar-refractivity contribution < 1.29 is 27.8 Å². The molecule has 1 heterocycles. The number of nitrogens with zero attached hydrogens (tertiary/aromatic N) is 3. The first kappa shape index (κ1) is 26.1. The van der Waals surface area contributed by atoms with E-state index in [4.69, 9.17) is 9.47 Å². The van der Waals surface area contributed by atoms with Gasteiger partial charge in [-0.3, -0.25) is 9.48 Å². The Morgan fingerprint density at radius 3 is 2.51 bits per heavy atom. The minimum absolute atomic E-state index is 0.0424. The van der Waals surface area contributed by atoms with E-state index < -0.39 is 29.6 Å². The van der Waals surface area contributed by atoms with E-state index >= 15 is 0 Å². The monoisotopic (exact) mass is 488 g/mol. The molecular weight excluding hydrogens is 458 g/mol. The van der Waals surface area contributed by atoms with Gasteiger partial charge in [0.05, 0.1) is 24.4 Å².